The molecule has 4 nitrogen and oxygen atoms in total. The van der Waals surface area contributed by atoms with E-state index in [4.69, 9.17) is 15.2 Å². The summed E-state index contributed by atoms with van der Waals surface area (Å²) in [7, 11) is 0. The quantitative estimate of drug-likeness (QED) is 0.819. The van der Waals surface area contributed by atoms with Crippen LogP contribution in [0.1, 0.15) is 26.7 Å². The first-order valence-corrected chi connectivity index (χ1v) is 7.04. The van der Waals surface area contributed by atoms with Gasteiger partial charge in [-0.15, -0.1) is 0 Å². The maximum Gasteiger partial charge on any atom is 0.163 e. The predicted molar refractivity (Wildman–Crippen MR) is 76.8 cm³/mol. The van der Waals surface area contributed by atoms with Crippen molar-refractivity contribution in [2.24, 2.45) is 11.3 Å². The highest BCUT2D eigenvalue weighted by Gasteiger charge is 2.44. The van der Waals surface area contributed by atoms with Crippen LogP contribution < -0.4 is 20.5 Å². The van der Waals surface area contributed by atoms with Crippen LogP contribution in [0.3, 0.4) is 0 Å². The molecule has 0 bridgehead atoms. The minimum absolute atomic E-state index is 0.458. The van der Waals surface area contributed by atoms with Crippen LogP contribution in [-0.2, 0) is 0 Å². The third-order valence-electron chi connectivity index (χ3n) is 4.46. The molecule has 1 saturated carbocycles. The maximum atomic E-state index is 6.07. The molecule has 4 heteroatoms. The standard InChI is InChI=1S/C15H22N2O2/c1-10(2)15(3-4-15)9-17-12-8-14-13(7-11(12)16)18-5-6-19-14/h7-8,10,17H,3-6,9,16H2,1-2H3. The summed E-state index contributed by atoms with van der Waals surface area (Å²) in [5, 5.41) is 3.49. The normalized spacial score (nSPS) is 19.3. The first-order valence-electron chi connectivity index (χ1n) is 7.04. The van der Waals surface area contributed by atoms with Crippen LogP contribution in [0.25, 0.3) is 0 Å². The Morgan fingerprint density at radius 3 is 2.42 bits per heavy atom. The van der Waals surface area contributed by atoms with Gasteiger partial charge in [-0.2, -0.15) is 0 Å². The molecule has 3 rings (SSSR count). The molecule has 104 valence electrons. The number of hydrogen-bond donors (Lipinski definition) is 2. The Morgan fingerprint density at radius 2 is 1.84 bits per heavy atom. The fraction of sp³-hybridized carbons (Fsp3) is 0.600. The number of ether oxygens (including phenoxy) is 2. The summed E-state index contributed by atoms with van der Waals surface area (Å²) in [6, 6.07) is 3.81. The van der Waals surface area contributed by atoms with E-state index in [1.54, 1.807) is 0 Å². The van der Waals surface area contributed by atoms with Gasteiger partial charge in [0.2, 0.25) is 0 Å². The first-order chi connectivity index (χ1) is 9.11. The zero-order valence-electron chi connectivity index (χ0n) is 11.7. The van der Waals surface area contributed by atoms with Crippen molar-refractivity contribution >= 4 is 11.4 Å². The number of nitrogen functional groups attached to an aromatic ring is 1. The molecule has 1 aromatic carbocycles. The van der Waals surface area contributed by atoms with Crippen LogP contribution in [0, 0.1) is 11.3 Å². The highest BCUT2D eigenvalue weighted by molar-refractivity contribution is 5.72. The van der Waals surface area contributed by atoms with E-state index >= 15 is 0 Å². The lowest BCUT2D eigenvalue weighted by Crippen LogP contribution is -2.22. The Hall–Kier alpha value is -1.58. The third kappa shape index (κ3) is 2.31. The summed E-state index contributed by atoms with van der Waals surface area (Å²) in [5.41, 5.74) is 8.21. The van der Waals surface area contributed by atoms with Crippen molar-refractivity contribution in [3.05, 3.63) is 12.1 Å². The molecule has 0 saturated heterocycles. The lowest BCUT2D eigenvalue weighted by molar-refractivity contribution is 0.172. The number of nitrogens with two attached hydrogens (primary N) is 1. The third-order valence-corrected chi connectivity index (χ3v) is 4.46. The Morgan fingerprint density at radius 1 is 1.21 bits per heavy atom. The van der Waals surface area contributed by atoms with Crippen LogP contribution >= 0.6 is 0 Å². The van der Waals surface area contributed by atoms with Crippen molar-refractivity contribution < 1.29 is 9.47 Å². The molecule has 0 amide bonds. The number of nitrogens with one attached hydrogen (secondary N) is 1. The molecular weight excluding hydrogens is 240 g/mol. The van der Waals surface area contributed by atoms with Crippen molar-refractivity contribution in [1.82, 2.24) is 0 Å². The zero-order valence-corrected chi connectivity index (χ0v) is 11.7. The van der Waals surface area contributed by atoms with Gasteiger partial charge in [-0.3, -0.25) is 0 Å². The van der Waals surface area contributed by atoms with Gasteiger partial charge in [0.1, 0.15) is 13.2 Å². The summed E-state index contributed by atoms with van der Waals surface area (Å²) >= 11 is 0. The van der Waals surface area contributed by atoms with E-state index in [9.17, 15) is 0 Å². The second kappa shape index (κ2) is 4.51. The monoisotopic (exact) mass is 262 g/mol. The maximum absolute atomic E-state index is 6.07. The average molecular weight is 262 g/mol. The SMILES string of the molecule is CC(C)C1(CNc2cc3c(cc2N)OCCO3)CC1. The van der Waals surface area contributed by atoms with Gasteiger partial charge in [-0.05, 0) is 24.2 Å². The molecule has 1 aromatic rings. The lowest BCUT2D eigenvalue weighted by atomic mass is 9.92. The second-order valence-electron chi connectivity index (χ2n) is 5.95. The van der Waals surface area contributed by atoms with Gasteiger partial charge >= 0.3 is 0 Å². The molecule has 3 N–H and O–H groups in total. The fourth-order valence-corrected chi connectivity index (χ4v) is 2.65. The van der Waals surface area contributed by atoms with Gasteiger partial charge in [0.15, 0.2) is 11.5 Å². The van der Waals surface area contributed by atoms with Crippen molar-refractivity contribution in [1.29, 1.82) is 0 Å². The number of fused-ring (bicyclic) bond motifs is 1. The summed E-state index contributed by atoms with van der Waals surface area (Å²) in [6.45, 7) is 6.76. The molecule has 0 atom stereocenters. The molecule has 0 spiro atoms. The highest BCUT2D eigenvalue weighted by atomic mass is 16.6. The van der Waals surface area contributed by atoms with Crippen LogP contribution in [-0.4, -0.2) is 19.8 Å². The topological polar surface area (TPSA) is 56.5 Å². The molecule has 19 heavy (non-hydrogen) atoms. The minimum Gasteiger partial charge on any atom is -0.486 e. The largest absolute Gasteiger partial charge is 0.486 e. The molecule has 1 aliphatic heterocycles. The number of benzene rings is 1. The molecular formula is C15H22N2O2. The summed E-state index contributed by atoms with van der Waals surface area (Å²) in [6.07, 6.45) is 2.62. The van der Waals surface area contributed by atoms with Gasteiger partial charge in [-0.1, -0.05) is 13.8 Å². The van der Waals surface area contributed by atoms with Crippen molar-refractivity contribution in [3.63, 3.8) is 0 Å². The number of anilines is 2. The van der Waals surface area contributed by atoms with E-state index in [0.29, 0.717) is 24.5 Å². The van der Waals surface area contributed by atoms with Crippen LogP contribution in [0.15, 0.2) is 12.1 Å². The number of rotatable bonds is 4. The van der Waals surface area contributed by atoms with E-state index < -0.39 is 0 Å². The Kier molecular flexibility index (Phi) is 2.96. The minimum atomic E-state index is 0.458. The first kappa shape index (κ1) is 12.5. The van der Waals surface area contributed by atoms with E-state index in [0.717, 1.165) is 29.4 Å². The average Bonchev–Trinajstić information content (AvgIpc) is 3.17. The van der Waals surface area contributed by atoms with E-state index in [2.05, 4.69) is 19.2 Å². The predicted octanol–water partition coefficient (Wildman–Crippen LogP) is 2.89. The van der Waals surface area contributed by atoms with Crippen LogP contribution in [0.4, 0.5) is 11.4 Å². The molecule has 1 fully saturated rings. The van der Waals surface area contributed by atoms with E-state index in [1.165, 1.54) is 12.8 Å². The fourth-order valence-electron chi connectivity index (χ4n) is 2.65. The van der Waals surface area contributed by atoms with E-state index in [1.807, 2.05) is 12.1 Å². The Balaban J connectivity index is 1.74. The molecule has 0 aromatic heterocycles. The summed E-state index contributed by atoms with van der Waals surface area (Å²) in [5.74, 6) is 2.25. The molecule has 0 unspecified atom stereocenters. The van der Waals surface area contributed by atoms with Gasteiger partial charge in [0.25, 0.3) is 0 Å². The van der Waals surface area contributed by atoms with Gasteiger partial charge in [-0.25, -0.2) is 0 Å². The van der Waals surface area contributed by atoms with Crippen LogP contribution in [0.2, 0.25) is 0 Å². The highest BCUT2D eigenvalue weighted by Crippen LogP contribution is 2.52. The molecule has 1 aliphatic carbocycles. The molecule has 1 heterocycles. The smallest absolute Gasteiger partial charge is 0.163 e. The second-order valence-corrected chi connectivity index (χ2v) is 5.95. The Bertz CT molecular complexity index is 481. The van der Waals surface area contributed by atoms with Crippen molar-refractivity contribution in [3.8, 4) is 11.5 Å². The van der Waals surface area contributed by atoms with Crippen LogP contribution in [0.5, 0.6) is 11.5 Å². The Labute approximate surface area is 114 Å². The van der Waals surface area contributed by atoms with Gasteiger partial charge in [0.05, 0.1) is 11.4 Å². The zero-order chi connectivity index (χ0) is 13.5. The van der Waals surface area contributed by atoms with Gasteiger partial charge < -0.3 is 20.5 Å². The molecule has 0 radical (unpaired) electrons. The number of hydrogen-bond acceptors (Lipinski definition) is 4. The van der Waals surface area contributed by atoms with Crippen molar-refractivity contribution in [2.45, 2.75) is 26.7 Å². The summed E-state index contributed by atoms with van der Waals surface area (Å²) in [4.78, 5) is 0. The molecule has 2 aliphatic rings. The van der Waals surface area contributed by atoms with E-state index in [-0.39, 0.29) is 0 Å². The van der Waals surface area contributed by atoms with Gasteiger partial charge in [0, 0.05) is 18.7 Å². The van der Waals surface area contributed by atoms with Crippen molar-refractivity contribution in [2.75, 3.05) is 30.8 Å². The summed E-state index contributed by atoms with van der Waals surface area (Å²) < 4.78 is 11.1. The lowest BCUT2D eigenvalue weighted by Gasteiger charge is -2.23.